The van der Waals surface area contributed by atoms with Gasteiger partial charge in [-0.1, -0.05) is 34.3 Å². The Hall–Kier alpha value is -2.08. The maximum atomic E-state index is 11.7. The molecule has 0 unspecified atom stereocenters. The fourth-order valence-corrected chi connectivity index (χ4v) is 1.85. The van der Waals surface area contributed by atoms with E-state index in [4.69, 9.17) is 0 Å². The summed E-state index contributed by atoms with van der Waals surface area (Å²) in [6.07, 6.45) is 1.60. The fourth-order valence-electron chi connectivity index (χ4n) is 1.31. The van der Waals surface area contributed by atoms with Crippen LogP contribution in [0.2, 0.25) is 0 Å². The Labute approximate surface area is 109 Å². The van der Waals surface area contributed by atoms with Crippen LogP contribution in [0, 0.1) is 13.8 Å². The molecule has 2 rings (SSSR count). The van der Waals surface area contributed by atoms with Gasteiger partial charge in [-0.15, -0.1) is 5.10 Å². The third-order valence-electron chi connectivity index (χ3n) is 2.31. The van der Waals surface area contributed by atoms with Crippen LogP contribution in [-0.2, 0) is 0 Å². The van der Waals surface area contributed by atoms with E-state index in [1.165, 1.54) is 5.56 Å². The third-order valence-corrected chi connectivity index (χ3v) is 3.14. The summed E-state index contributed by atoms with van der Waals surface area (Å²) < 4.78 is 3.70. The Kier molecular flexibility index (Phi) is 3.78. The van der Waals surface area contributed by atoms with Gasteiger partial charge in [0.2, 0.25) is 0 Å². The molecule has 1 amide bonds. The molecule has 1 aromatic carbocycles. The van der Waals surface area contributed by atoms with E-state index >= 15 is 0 Å². The molecule has 0 radical (unpaired) electrons. The second-order valence-corrected chi connectivity index (χ2v) is 4.55. The molecule has 0 atom stereocenters. The van der Waals surface area contributed by atoms with Gasteiger partial charge in [0.15, 0.2) is 0 Å². The van der Waals surface area contributed by atoms with Gasteiger partial charge in [-0.2, -0.15) is 5.10 Å². The molecular weight excluding hydrogens is 248 g/mol. The second-order valence-electron chi connectivity index (χ2n) is 3.80. The van der Waals surface area contributed by atoms with Crippen molar-refractivity contribution in [2.45, 2.75) is 13.8 Å². The normalized spacial score (nSPS) is 10.8. The van der Waals surface area contributed by atoms with Crippen LogP contribution in [0.4, 0.5) is 0 Å². The molecule has 1 N–H and O–H groups in total. The number of hydrogen-bond donors (Lipinski definition) is 1. The van der Waals surface area contributed by atoms with Crippen LogP contribution < -0.4 is 5.43 Å². The number of benzene rings is 1. The number of carbonyl (C=O) groups excluding carboxylic acids is 1. The van der Waals surface area contributed by atoms with E-state index in [1.54, 1.807) is 13.1 Å². The predicted molar refractivity (Wildman–Crippen MR) is 70.9 cm³/mol. The molecule has 0 aliphatic heterocycles. The molecule has 0 aliphatic carbocycles. The minimum atomic E-state index is -0.286. The van der Waals surface area contributed by atoms with Gasteiger partial charge < -0.3 is 0 Å². The van der Waals surface area contributed by atoms with Crippen molar-refractivity contribution < 1.29 is 4.79 Å². The zero-order valence-corrected chi connectivity index (χ0v) is 10.9. The number of nitrogens with one attached hydrogen (secondary N) is 1. The number of nitrogens with zero attached hydrogens (tertiary/aromatic N) is 3. The molecule has 1 heterocycles. The van der Waals surface area contributed by atoms with Crippen molar-refractivity contribution in [3.8, 4) is 0 Å². The van der Waals surface area contributed by atoms with Gasteiger partial charge in [-0.25, -0.2) is 5.43 Å². The molecule has 0 spiro atoms. The van der Waals surface area contributed by atoms with Crippen LogP contribution in [0.5, 0.6) is 0 Å². The van der Waals surface area contributed by atoms with Gasteiger partial charge in [-0.05, 0) is 30.9 Å². The Balaban J connectivity index is 1.98. The highest BCUT2D eigenvalue weighted by Crippen LogP contribution is 2.08. The first-order valence-electron chi connectivity index (χ1n) is 5.36. The molecule has 5 nitrogen and oxygen atoms in total. The standard InChI is InChI=1S/C12H12N4OS/c1-8-3-5-10(6-4-8)7-13-15-12(17)11-9(2)14-16-18-11/h3-7H,1-2H3,(H,15,17)/b13-7-. The Morgan fingerprint density at radius 1 is 1.33 bits per heavy atom. The zero-order chi connectivity index (χ0) is 13.0. The lowest BCUT2D eigenvalue weighted by Gasteiger charge is -1.97. The Morgan fingerprint density at radius 2 is 2.06 bits per heavy atom. The van der Waals surface area contributed by atoms with E-state index in [2.05, 4.69) is 20.1 Å². The van der Waals surface area contributed by atoms with Crippen LogP contribution in [0.1, 0.15) is 26.5 Å². The van der Waals surface area contributed by atoms with Gasteiger partial charge in [0.25, 0.3) is 5.91 Å². The lowest BCUT2D eigenvalue weighted by Crippen LogP contribution is -2.17. The van der Waals surface area contributed by atoms with Gasteiger partial charge in [0.05, 0.1) is 11.9 Å². The molecule has 92 valence electrons. The Bertz CT molecular complexity index is 574. The first-order valence-corrected chi connectivity index (χ1v) is 6.13. The summed E-state index contributed by atoms with van der Waals surface area (Å²) in [6.45, 7) is 3.75. The highest BCUT2D eigenvalue weighted by molar-refractivity contribution is 7.07. The number of amides is 1. The van der Waals surface area contributed by atoms with Crippen molar-refractivity contribution in [2.75, 3.05) is 0 Å². The highest BCUT2D eigenvalue weighted by Gasteiger charge is 2.11. The molecule has 0 bridgehead atoms. The van der Waals surface area contributed by atoms with Crippen molar-refractivity contribution in [3.05, 3.63) is 46.0 Å². The monoisotopic (exact) mass is 260 g/mol. The van der Waals surface area contributed by atoms with Crippen LogP contribution in [-0.4, -0.2) is 21.7 Å². The lowest BCUT2D eigenvalue weighted by molar-refractivity contribution is 0.0958. The average molecular weight is 260 g/mol. The topological polar surface area (TPSA) is 67.2 Å². The van der Waals surface area contributed by atoms with Gasteiger partial charge in [-0.3, -0.25) is 4.79 Å². The first-order chi connectivity index (χ1) is 8.66. The summed E-state index contributed by atoms with van der Waals surface area (Å²) in [6, 6.07) is 7.84. The minimum Gasteiger partial charge on any atom is -0.266 e. The zero-order valence-electron chi connectivity index (χ0n) is 10.0. The quantitative estimate of drug-likeness (QED) is 0.677. The number of hydrogen-bond acceptors (Lipinski definition) is 5. The maximum Gasteiger partial charge on any atom is 0.285 e. The summed E-state index contributed by atoms with van der Waals surface area (Å²) in [5, 5.41) is 7.66. The van der Waals surface area contributed by atoms with Crippen molar-refractivity contribution in [3.63, 3.8) is 0 Å². The molecule has 6 heteroatoms. The molecule has 2 aromatic rings. The predicted octanol–water partition coefficient (Wildman–Crippen LogP) is 1.92. The molecule has 0 fully saturated rings. The molecule has 1 aromatic heterocycles. The van der Waals surface area contributed by atoms with Gasteiger partial charge in [0, 0.05) is 0 Å². The number of rotatable bonds is 3. The van der Waals surface area contributed by atoms with Gasteiger partial charge >= 0.3 is 0 Å². The number of hydrazone groups is 1. The molecule has 0 aliphatic rings. The third kappa shape index (κ3) is 2.98. The minimum absolute atomic E-state index is 0.286. The van der Waals surface area contributed by atoms with Crippen molar-refractivity contribution >= 4 is 23.7 Å². The number of aryl methyl sites for hydroxylation is 2. The number of carbonyl (C=O) groups is 1. The molecule has 18 heavy (non-hydrogen) atoms. The summed E-state index contributed by atoms with van der Waals surface area (Å²) in [5.41, 5.74) is 5.18. The van der Waals surface area contributed by atoms with Crippen molar-refractivity contribution in [1.82, 2.24) is 15.0 Å². The highest BCUT2D eigenvalue weighted by atomic mass is 32.1. The van der Waals surface area contributed by atoms with E-state index in [0.717, 1.165) is 17.1 Å². The second kappa shape index (κ2) is 5.50. The van der Waals surface area contributed by atoms with E-state index < -0.39 is 0 Å². The average Bonchev–Trinajstić information content (AvgIpc) is 2.78. The van der Waals surface area contributed by atoms with Crippen molar-refractivity contribution in [1.29, 1.82) is 0 Å². The first kappa shape index (κ1) is 12.4. The largest absolute Gasteiger partial charge is 0.285 e. The van der Waals surface area contributed by atoms with E-state index in [-0.39, 0.29) is 5.91 Å². The summed E-state index contributed by atoms with van der Waals surface area (Å²) in [4.78, 5) is 12.2. The van der Waals surface area contributed by atoms with Crippen LogP contribution in [0.25, 0.3) is 0 Å². The molecule has 0 saturated carbocycles. The summed E-state index contributed by atoms with van der Waals surface area (Å²) in [5.74, 6) is -0.286. The van der Waals surface area contributed by atoms with Crippen molar-refractivity contribution in [2.24, 2.45) is 5.10 Å². The van der Waals surface area contributed by atoms with E-state index in [1.807, 2.05) is 31.2 Å². The smallest absolute Gasteiger partial charge is 0.266 e. The molecule has 0 saturated heterocycles. The van der Waals surface area contributed by atoms with Gasteiger partial charge in [0.1, 0.15) is 4.88 Å². The molecular formula is C12H12N4OS. The maximum absolute atomic E-state index is 11.7. The fraction of sp³-hybridized carbons (Fsp3) is 0.167. The lowest BCUT2D eigenvalue weighted by atomic mass is 10.2. The van der Waals surface area contributed by atoms with Crippen LogP contribution in [0.15, 0.2) is 29.4 Å². The van der Waals surface area contributed by atoms with E-state index in [9.17, 15) is 4.79 Å². The SMILES string of the molecule is Cc1ccc(/C=N\NC(=O)c2snnc2C)cc1. The summed E-state index contributed by atoms with van der Waals surface area (Å²) >= 11 is 1.06. The van der Waals surface area contributed by atoms with E-state index in [0.29, 0.717) is 10.6 Å². The van der Waals surface area contributed by atoms with Crippen LogP contribution >= 0.6 is 11.5 Å². The summed E-state index contributed by atoms with van der Waals surface area (Å²) in [7, 11) is 0. The van der Waals surface area contributed by atoms with Crippen LogP contribution in [0.3, 0.4) is 0 Å². The number of aromatic nitrogens is 2. The Morgan fingerprint density at radius 3 is 2.67 bits per heavy atom.